The molecule has 1 aliphatic rings. The lowest BCUT2D eigenvalue weighted by Crippen LogP contribution is -2.03. The van der Waals surface area contributed by atoms with E-state index in [0.717, 1.165) is 26.9 Å². The zero-order valence-corrected chi connectivity index (χ0v) is 11.6. The molecule has 19 heavy (non-hydrogen) atoms. The van der Waals surface area contributed by atoms with Gasteiger partial charge in [0.25, 0.3) is 0 Å². The van der Waals surface area contributed by atoms with Gasteiger partial charge < -0.3 is 10.4 Å². The molecule has 1 heterocycles. The molecule has 1 atom stereocenters. The van der Waals surface area contributed by atoms with E-state index in [0.29, 0.717) is 6.42 Å². The molecule has 0 radical (unpaired) electrons. The van der Waals surface area contributed by atoms with Crippen molar-refractivity contribution in [1.29, 1.82) is 0 Å². The Kier molecular flexibility index (Phi) is 3.12. The Hall–Kier alpha value is -1.65. The van der Waals surface area contributed by atoms with Crippen molar-refractivity contribution in [2.75, 3.05) is 5.32 Å². The third-order valence-electron chi connectivity index (χ3n) is 3.27. The van der Waals surface area contributed by atoms with Gasteiger partial charge in [-0.25, -0.2) is 0 Å². The molecule has 96 valence electrons. The lowest BCUT2D eigenvalue weighted by Gasteiger charge is -2.14. The van der Waals surface area contributed by atoms with E-state index in [1.807, 2.05) is 42.5 Å². The number of aliphatic hydroxyl groups is 1. The summed E-state index contributed by atoms with van der Waals surface area (Å²) in [5, 5.41) is 13.2. The highest BCUT2D eigenvalue weighted by Gasteiger charge is 2.20. The SMILES string of the molecule is O=C1Cc2cc(C(O)c3ccccc3Br)ccc2N1. The van der Waals surface area contributed by atoms with Crippen LogP contribution >= 0.6 is 15.9 Å². The number of amides is 1. The van der Waals surface area contributed by atoms with Gasteiger partial charge in [0.2, 0.25) is 5.91 Å². The molecule has 0 fully saturated rings. The van der Waals surface area contributed by atoms with Crippen molar-refractivity contribution >= 4 is 27.5 Å². The average molecular weight is 318 g/mol. The molecule has 0 bridgehead atoms. The summed E-state index contributed by atoms with van der Waals surface area (Å²) in [4.78, 5) is 11.3. The van der Waals surface area contributed by atoms with Gasteiger partial charge in [-0.05, 0) is 28.8 Å². The van der Waals surface area contributed by atoms with Crippen molar-refractivity contribution in [3.8, 4) is 0 Å². The summed E-state index contributed by atoms with van der Waals surface area (Å²) in [6.07, 6.45) is -0.317. The maximum Gasteiger partial charge on any atom is 0.228 e. The number of fused-ring (bicyclic) bond motifs is 1. The Balaban J connectivity index is 1.97. The molecule has 2 N–H and O–H groups in total. The molecule has 0 saturated carbocycles. The van der Waals surface area contributed by atoms with E-state index in [1.165, 1.54) is 0 Å². The van der Waals surface area contributed by atoms with Crippen molar-refractivity contribution < 1.29 is 9.90 Å². The van der Waals surface area contributed by atoms with Crippen LogP contribution in [0.4, 0.5) is 5.69 Å². The number of hydrogen-bond acceptors (Lipinski definition) is 2. The second-order valence-electron chi connectivity index (χ2n) is 4.57. The molecule has 1 amide bonds. The summed E-state index contributed by atoms with van der Waals surface area (Å²) in [6, 6.07) is 13.2. The van der Waals surface area contributed by atoms with Gasteiger partial charge in [0.05, 0.1) is 6.42 Å². The highest BCUT2D eigenvalue weighted by Crippen LogP contribution is 2.32. The fraction of sp³-hybridized carbons (Fsp3) is 0.133. The van der Waals surface area contributed by atoms with Crippen molar-refractivity contribution in [2.24, 2.45) is 0 Å². The number of benzene rings is 2. The Morgan fingerprint density at radius 1 is 1.21 bits per heavy atom. The molecule has 1 aliphatic heterocycles. The van der Waals surface area contributed by atoms with E-state index in [4.69, 9.17) is 0 Å². The number of nitrogens with one attached hydrogen (secondary N) is 1. The van der Waals surface area contributed by atoms with Crippen molar-refractivity contribution in [1.82, 2.24) is 0 Å². The van der Waals surface area contributed by atoms with Gasteiger partial charge in [-0.1, -0.05) is 46.3 Å². The van der Waals surface area contributed by atoms with E-state index in [1.54, 1.807) is 0 Å². The summed E-state index contributed by atoms with van der Waals surface area (Å²) >= 11 is 3.44. The number of hydrogen-bond donors (Lipinski definition) is 2. The number of anilines is 1. The minimum atomic E-state index is -0.698. The first-order valence-electron chi connectivity index (χ1n) is 6.00. The Bertz CT molecular complexity index is 654. The maximum atomic E-state index is 11.3. The molecular formula is C15H12BrNO2. The second kappa shape index (κ2) is 4.79. The van der Waals surface area contributed by atoms with Crippen LogP contribution < -0.4 is 5.32 Å². The Morgan fingerprint density at radius 2 is 2.00 bits per heavy atom. The molecule has 2 aromatic carbocycles. The highest BCUT2D eigenvalue weighted by molar-refractivity contribution is 9.10. The smallest absolute Gasteiger partial charge is 0.228 e. The van der Waals surface area contributed by atoms with E-state index >= 15 is 0 Å². The molecule has 3 nitrogen and oxygen atoms in total. The largest absolute Gasteiger partial charge is 0.384 e. The van der Waals surface area contributed by atoms with Crippen LogP contribution in [-0.4, -0.2) is 11.0 Å². The molecule has 1 unspecified atom stereocenters. The van der Waals surface area contributed by atoms with Gasteiger partial charge >= 0.3 is 0 Å². The van der Waals surface area contributed by atoms with Crippen LogP contribution in [0.5, 0.6) is 0 Å². The molecule has 4 heteroatoms. The first-order valence-corrected chi connectivity index (χ1v) is 6.79. The Morgan fingerprint density at radius 3 is 2.79 bits per heavy atom. The van der Waals surface area contributed by atoms with Crippen LogP contribution in [0.25, 0.3) is 0 Å². The van der Waals surface area contributed by atoms with Crippen LogP contribution in [-0.2, 0) is 11.2 Å². The quantitative estimate of drug-likeness (QED) is 0.894. The zero-order valence-electron chi connectivity index (χ0n) is 10.1. The van der Waals surface area contributed by atoms with Gasteiger partial charge in [-0.3, -0.25) is 4.79 Å². The first kappa shape index (κ1) is 12.4. The van der Waals surface area contributed by atoms with Crippen LogP contribution in [0, 0.1) is 0 Å². The summed E-state index contributed by atoms with van der Waals surface area (Å²) in [5.41, 5.74) is 3.39. The van der Waals surface area contributed by atoms with Crippen LogP contribution in [0.15, 0.2) is 46.9 Å². The highest BCUT2D eigenvalue weighted by atomic mass is 79.9. The number of aliphatic hydroxyl groups excluding tert-OH is 1. The third kappa shape index (κ3) is 2.29. The number of carbonyl (C=O) groups excluding carboxylic acids is 1. The normalized spacial score (nSPS) is 14.9. The van der Waals surface area contributed by atoms with Gasteiger partial charge in [-0.15, -0.1) is 0 Å². The molecule has 2 aromatic rings. The monoisotopic (exact) mass is 317 g/mol. The van der Waals surface area contributed by atoms with Crippen molar-refractivity contribution in [3.05, 3.63) is 63.6 Å². The fourth-order valence-corrected chi connectivity index (χ4v) is 2.80. The molecule has 0 saturated heterocycles. The zero-order chi connectivity index (χ0) is 13.4. The predicted octanol–water partition coefficient (Wildman–Crippen LogP) is 3.03. The minimum absolute atomic E-state index is 0.00234. The molecular weight excluding hydrogens is 306 g/mol. The topological polar surface area (TPSA) is 49.3 Å². The van der Waals surface area contributed by atoms with Crippen LogP contribution in [0.3, 0.4) is 0 Å². The van der Waals surface area contributed by atoms with E-state index in [2.05, 4.69) is 21.2 Å². The van der Waals surface area contributed by atoms with E-state index < -0.39 is 6.10 Å². The summed E-state index contributed by atoms with van der Waals surface area (Å²) in [5.74, 6) is 0.00234. The summed E-state index contributed by atoms with van der Waals surface area (Å²) in [7, 11) is 0. The molecule has 0 spiro atoms. The second-order valence-corrected chi connectivity index (χ2v) is 5.42. The Labute approximate surface area is 119 Å². The molecule has 3 rings (SSSR count). The van der Waals surface area contributed by atoms with Crippen molar-refractivity contribution in [2.45, 2.75) is 12.5 Å². The lowest BCUT2D eigenvalue weighted by molar-refractivity contribution is -0.115. The maximum absolute atomic E-state index is 11.3. The average Bonchev–Trinajstić information content (AvgIpc) is 2.77. The van der Waals surface area contributed by atoms with Gasteiger partial charge in [-0.2, -0.15) is 0 Å². The minimum Gasteiger partial charge on any atom is -0.384 e. The summed E-state index contributed by atoms with van der Waals surface area (Å²) < 4.78 is 0.872. The van der Waals surface area contributed by atoms with Crippen LogP contribution in [0.1, 0.15) is 22.8 Å². The van der Waals surface area contributed by atoms with Crippen molar-refractivity contribution in [3.63, 3.8) is 0 Å². The predicted molar refractivity (Wildman–Crippen MR) is 77.0 cm³/mol. The molecule has 0 aliphatic carbocycles. The fourth-order valence-electron chi connectivity index (χ4n) is 2.30. The van der Waals surface area contributed by atoms with Gasteiger partial charge in [0.15, 0.2) is 0 Å². The standard InChI is InChI=1S/C15H12BrNO2/c16-12-4-2-1-3-11(12)15(19)9-5-6-13-10(7-9)8-14(18)17-13/h1-7,15,19H,8H2,(H,17,18). The van der Waals surface area contributed by atoms with E-state index in [9.17, 15) is 9.90 Å². The molecule has 0 aromatic heterocycles. The first-order chi connectivity index (χ1) is 9.15. The third-order valence-corrected chi connectivity index (χ3v) is 3.99. The number of halogens is 1. The summed E-state index contributed by atoms with van der Waals surface area (Å²) in [6.45, 7) is 0. The number of carbonyl (C=O) groups is 1. The van der Waals surface area contributed by atoms with Gasteiger partial charge in [0, 0.05) is 10.2 Å². The van der Waals surface area contributed by atoms with E-state index in [-0.39, 0.29) is 5.91 Å². The van der Waals surface area contributed by atoms with Crippen LogP contribution in [0.2, 0.25) is 0 Å². The van der Waals surface area contributed by atoms with Gasteiger partial charge in [0.1, 0.15) is 6.10 Å². The number of rotatable bonds is 2. The lowest BCUT2D eigenvalue weighted by atomic mass is 9.99.